The standard InChI is InChI=1S/C16H10ClNO2S2/c17-12-6-8-13(9-7-12)18-14(10-22-16(18)21)20-15(19)11-4-2-1-3-5-11/h1-10H. The van der Waals surface area contributed by atoms with Gasteiger partial charge in [0.1, 0.15) is 0 Å². The Bertz CT molecular complexity index is 854. The second kappa shape index (κ2) is 6.44. The second-order valence-corrected chi connectivity index (χ2v) is 6.35. The summed E-state index contributed by atoms with van der Waals surface area (Å²) in [5, 5.41) is 2.35. The maximum Gasteiger partial charge on any atom is 0.344 e. The first-order chi connectivity index (χ1) is 10.6. The van der Waals surface area contributed by atoms with Gasteiger partial charge in [0.2, 0.25) is 5.88 Å². The third-order valence-corrected chi connectivity index (χ3v) is 4.38. The highest BCUT2D eigenvalue weighted by molar-refractivity contribution is 7.73. The van der Waals surface area contributed by atoms with Crippen molar-refractivity contribution in [1.29, 1.82) is 0 Å². The van der Waals surface area contributed by atoms with E-state index in [0.717, 1.165) is 5.69 Å². The average molecular weight is 348 g/mol. The molecule has 3 aromatic rings. The quantitative estimate of drug-likeness (QED) is 0.485. The van der Waals surface area contributed by atoms with E-state index in [0.29, 0.717) is 20.4 Å². The Labute approximate surface area is 141 Å². The van der Waals surface area contributed by atoms with Crippen LogP contribution in [0.1, 0.15) is 10.4 Å². The van der Waals surface area contributed by atoms with Crippen molar-refractivity contribution in [3.05, 3.63) is 74.5 Å². The second-order valence-electron chi connectivity index (χ2n) is 4.41. The summed E-state index contributed by atoms with van der Waals surface area (Å²) in [6.07, 6.45) is 0. The van der Waals surface area contributed by atoms with Crippen LogP contribution in [0, 0.1) is 3.95 Å². The Morgan fingerprint density at radius 2 is 1.77 bits per heavy atom. The molecule has 6 heteroatoms. The zero-order chi connectivity index (χ0) is 15.5. The number of esters is 1. The van der Waals surface area contributed by atoms with Crippen LogP contribution in [-0.2, 0) is 0 Å². The van der Waals surface area contributed by atoms with Gasteiger partial charge in [0.15, 0.2) is 3.95 Å². The fourth-order valence-electron chi connectivity index (χ4n) is 1.92. The molecule has 0 N–H and O–H groups in total. The Kier molecular flexibility index (Phi) is 4.38. The number of halogens is 1. The first-order valence-electron chi connectivity index (χ1n) is 6.39. The minimum atomic E-state index is -0.420. The third-order valence-electron chi connectivity index (χ3n) is 2.96. The summed E-state index contributed by atoms with van der Waals surface area (Å²) in [5.41, 5.74) is 1.29. The molecule has 1 aromatic heterocycles. The fourth-order valence-corrected chi connectivity index (χ4v) is 3.04. The lowest BCUT2D eigenvalue weighted by Gasteiger charge is -2.09. The molecule has 0 aliphatic rings. The van der Waals surface area contributed by atoms with Crippen molar-refractivity contribution in [2.24, 2.45) is 0 Å². The molecule has 0 fully saturated rings. The lowest BCUT2D eigenvalue weighted by atomic mass is 10.2. The highest BCUT2D eigenvalue weighted by Gasteiger charge is 2.13. The molecule has 1 heterocycles. The molecule has 0 bridgehead atoms. The van der Waals surface area contributed by atoms with Crippen molar-refractivity contribution in [2.75, 3.05) is 0 Å². The van der Waals surface area contributed by atoms with Crippen LogP contribution >= 0.6 is 35.2 Å². The van der Waals surface area contributed by atoms with Crippen molar-refractivity contribution in [2.45, 2.75) is 0 Å². The van der Waals surface area contributed by atoms with Gasteiger partial charge in [-0.1, -0.05) is 29.8 Å². The van der Waals surface area contributed by atoms with E-state index in [4.69, 9.17) is 28.6 Å². The van der Waals surface area contributed by atoms with E-state index >= 15 is 0 Å². The molecular weight excluding hydrogens is 338 g/mol. The molecule has 0 aliphatic carbocycles. The van der Waals surface area contributed by atoms with Gasteiger partial charge in [-0.2, -0.15) is 0 Å². The Hall–Kier alpha value is -1.95. The summed E-state index contributed by atoms with van der Waals surface area (Å²) in [5.74, 6) is -0.0257. The SMILES string of the molecule is O=C(Oc1csc(=S)n1-c1ccc(Cl)cc1)c1ccccc1. The molecule has 0 saturated carbocycles. The number of hydrogen-bond donors (Lipinski definition) is 0. The van der Waals surface area contributed by atoms with Crippen LogP contribution in [0.25, 0.3) is 5.69 Å². The minimum absolute atomic E-state index is 0.395. The Balaban J connectivity index is 1.94. The molecule has 0 atom stereocenters. The number of rotatable bonds is 3. The molecular formula is C16H10ClNO2S2. The first-order valence-corrected chi connectivity index (χ1v) is 8.05. The normalized spacial score (nSPS) is 10.4. The van der Waals surface area contributed by atoms with Crippen LogP contribution in [0.3, 0.4) is 0 Å². The Morgan fingerprint density at radius 3 is 2.45 bits per heavy atom. The molecule has 110 valence electrons. The largest absolute Gasteiger partial charge is 0.404 e. The molecule has 3 rings (SSSR count). The fraction of sp³-hybridized carbons (Fsp3) is 0. The van der Waals surface area contributed by atoms with E-state index in [1.54, 1.807) is 46.3 Å². The van der Waals surface area contributed by atoms with Crippen molar-refractivity contribution in [3.63, 3.8) is 0 Å². The lowest BCUT2D eigenvalue weighted by molar-refractivity contribution is 0.0724. The summed E-state index contributed by atoms with van der Waals surface area (Å²) in [4.78, 5) is 12.2. The zero-order valence-corrected chi connectivity index (χ0v) is 13.6. The van der Waals surface area contributed by atoms with Gasteiger partial charge >= 0.3 is 5.97 Å². The molecule has 2 aromatic carbocycles. The van der Waals surface area contributed by atoms with E-state index in [1.807, 2.05) is 18.2 Å². The van der Waals surface area contributed by atoms with Gasteiger partial charge < -0.3 is 4.74 Å². The molecule has 3 nitrogen and oxygen atoms in total. The van der Waals surface area contributed by atoms with Gasteiger partial charge in [0.25, 0.3) is 0 Å². The monoisotopic (exact) mass is 347 g/mol. The molecule has 0 spiro atoms. The van der Waals surface area contributed by atoms with E-state index in [-0.39, 0.29) is 0 Å². The van der Waals surface area contributed by atoms with Gasteiger partial charge in [0, 0.05) is 5.02 Å². The summed E-state index contributed by atoms with van der Waals surface area (Å²) in [7, 11) is 0. The van der Waals surface area contributed by atoms with Crippen LogP contribution < -0.4 is 4.74 Å². The van der Waals surface area contributed by atoms with Crippen molar-refractivity contribution in [1.82, 2.24) is 4.57 Å². The smallest absolute Gasteiger partial charge is 0.344 e. The zero-order valence-electron chi connectivity index (χ0n) is 11.2. The van der Waals surface area contributed by atoms with Crippen molar-refractivity contribution in [3.8, 4) is 11.6 Å². The lowest BCUT2D eigenvalue weighted by Crippen LogP contribution is -2.11. The van der Waals surface area contributed by atoms with Crippen LogP contribution in [-0.4, -0.2) is 10.5 Å². The van der Waals surface area contributed by atoms with Crippen LogP contribution in [0.15, 0.2) is 60.0 Å². The van der Waals surface area contributed by atoms with Gasteiger partial charge in [0.05, 0.1) is 16.6 Å². The number of benzene rings is 2. The molecule has 0 saturated heterocycles. The minimum Gasteiger partial charge on any atom is -0.404 e. The number of thiazole rings is 1. The van der Waals surface area contributed by atoms with Crippen molar-refractivity contribution >= 4 is 41.1 Å². The van der Waals surface area contributed by atoms with Crippen LogP contribution in [0.5, 0.6) is 5.88 Å². The summed E-state index contributed by atoms with van der Waals surface area (Å²) in [6, 6.07) is 16.0. The maximum atomic E-state index is 12.2. The highest BCUT2D eigenvalue weighted by Crippen LogP contribution is 2.26. The van der Waals surface area contributed by atoms with Crippen molar-refractivity contribution < 1.29 is 9.53 Å². The summed E-state index contributed by atoms with van der Waals surface area (Å²) < 4.78 is 7.77. The maximum absolute atomic E-state index is 12.2. The molecule has 0 aliphatic heterocycles. The van der Waals surface area contributed by atoms with Crippen LogP contribution in [0.2, 0.25) is 5.02 Å². The Morgan fingerprint density at radius 1 is 1.09 bits per heavy atom. The molecule has 0 amide bonds. The summed E-state index contributed by atoms with van der Waals surface area (Å²) in [6.45, 7) is 0. The van der Waals surface area contributed by atoms with E-state index in [1.165, 1.54) is 11.3 Å². The van der Waals surface area contributed by atoms with Gasteiger partial charge in [-0.25, -0.2) is 4.79 Å². The number of aromatic nitrogens is 1. The third kappa shape index (κ3) is 3.11. The first kappa shape index (κ1) is 15.0. The van der Waals surface area contributed by atoms with Gasteiger partial charge in [-0.05, 0) is 48.6 Å². The topological polar surface area (TPSA) is 31.2 Å². The average Bonchev–Trinajstić information content (AvgIpc) is 2.90. The van der Waals surface area contributed by atoms with Gasteiger partial charge in [-0.3, -0.25) is 4.57 Å². The van der Waals surface area contributed by atoms with Crippen LogP contribution in [0.4, 0.5) is 0 Å². The summed E-state index contributed by atoms with van der Waals surface area (Å²) >= 11 is 12.5. The number of carbonyl (C=O) groups excluding carboxylic acids is 1. The number of hydrogen-bond acceptors (Lipinski definition) is 4. The number of ether oxygens (including phenoxy) is 1. The molecule has 0 radical (unpaired) electrons. The predicted molar refractivity (Wildman–Crippen MR) is 90.9 cm³/mol. The van der Waals surface area contributed by atoms with Gasteiger partial charge in [-0.15, -0.1) is 11.3 Å². The number of carbonyl (C=O) groups is 1. The van der Waals surface area contributed by atoms with E-state index < -0.39 is 5.97 Å². The number of nitrogens with zero attached hydrogens (tertiary/aromatic N) is 1. The molecule has 22 heavy (non-hydrogen) atoms. The predicted octanol–water partition coefficient (Wildman–Crippen LogP) is 5.14. The van der Waals surface area contributed by atoms with E-state index in [9.17, 15) is 4.79 Å². The van der Waals surface area contributed by atoms with E-state index in [2.05, 4.69) is 0 Å². The molecule has 0 unspecified atom stereocenters. The highest BCUT2D eigenvalue weighted by atomic mass is 35.5.